The third-order valence-electron chi connectivity index (χ3n) is 2.61. The van der Waals surface area contributed by atoms with E-state index in [9.17, 15) is 4.79 Å². The lowest BCUT2D eigenvalue weighted by Crippen LogP contribution is -2.30. The number of hydrogen-bond acceptors (Lipinski definition) is 5. The minimum Gasteiger partial charge on any atom is -0.463 e. The quantitative estimate of drug-likeness (QED) is 0.644. The topological polar surface area (TPSA) is 69.0 Å². The van der Waals surface area contributed by atoms with Gasteiger partial charge in [0.2, 0.25) is 5.95 Å². The molecule has 2 heterocycles. The molecular formula is C10H12Br2N4O2. The molecule has 1 aliphatic heterocycles. The van der Waals surface area contributed by atoms with Crippen molar-refractivity contribution < 1.29 is 9.53 Å². The van der Waals surface area contributed by atoms with Crippen molar-refractivity contribution in [1.29, 1.82) is 0 Å². The van der Waals surface area contributed by atoms with Crippen molar-refractivity contribution in [3.63, 3.8) is 0 Å². The molecule has 1 atom stereocenters. The Morgan fingerprint density at radius 1 is 1.67 bits per heavy atom. The molecule has 1 unspecified atom stereocenters. The molecule has 0 bridgehead atoms. The average Bonchev–Trinajstić information content (AvgIpc) is 2.77. The van der Waals surface area contributed by atoms with Crippen molar-refractivity contribution in [3.8, 4) is 0 Å². The van der Waals surface area contributed by atoms with Gasteiger partial charge in [-0.05, 0) is 13.8 Å². The molecular weight excluding hydrogens is 368 g/mol. The van der Waals surface area contributed by atoms with Crippen LogP contribution < -0.4 is 5.32 Å². The van der Waals surface area contributed by atoms with Crippen LogP contribution in [0.2, 0.25) is 0 Å². The Hall–Kier alpha value is -0.890. The molecule has 98 valence electrons. The number of alkyl halides is 2. The smallest absolute Gasteiger partial charge is 0.338 e. The predicted molar refractivity (Wildman–Crippen MR) is 73.7 cm³/mol. The fourth-order valence-electron chi connectivity index (χ4n) is 1.82. The molecule has 0 spiro atoms. The van der Waals surface area contributed by atoms with Crippen LogP contribution in [0.3, 0.4) is 0 Å². The number of aromatic nitrogens is 3. The number of ether oxygens (including phenoxy) is 1. The molecule has 0 amide bonds. The summed E-state index contributed by atoms with van der Waals surface area (Å²) in [6.45, 7) is 4.00. The van der Waals surface area contributed by atoms with Crippen molar-refractivity contribution in [3.05, 3.63) is 17.6 Å². The summed E-state index contributed by atoms with van der Waals surface area (Å²) >= 11 is 6.79. The normalized spacial score (nSPS) is 18.6. The lowest BCUT2D eigenvalue weighted by molar-refractivity contribution is -0.139. The number of allylic oxidation sites excluding steroid dienone is 1. The van der Waals surface area contributed by atoms with Gasteiger partial charge in [0.15, 0.2) is 0 Å². The van der Waals surface area contributed by atoms with Crippen LogP contribution in [0.15, 0.2) is 17.6 Å². The van der Waals surface area contributed by atoms with Gasteiger partial charge >= 0.3 is 5.97 Å². The number of anilines is 1. The fourth-order valence-corrected chi connectivity index (χ4v) is 2.54. The summed E-state index contributed by atoms with van der Waals surface area (Å²) in [7, 11) is 0. The SMILES string of the molecule is CCOC(=O)C1=C(C(Br)Br)Nc2ncnn2C1C. The van der Waals surface area contributed by atoms with E-state index in [0.29, 0.717) is 23.8 Å². The average molecular weight is 380 g/mol. The Morgan fingerprint density at radius 2 is 2.39 bits per heavy atom. The maximum Gasteiger partial charge on any atom is 0.338 e. The van der Waals surface area contributed by atoms with Crippen molar-refractivity contribution in [2.24, 2.45) is 0 Å². The standard InChI is InChI=1S/C10H12Br2N4O2/c1-3-18-9(17)6-5(2)16-10(13-4-14-16)15-7(6)8(11)12/h4-5,8H,3H2,1-2H3,(H,13,14,15). The van der Waals surface area contributed by atoms with Gasteiger partial charge in [-0.15, -0.1) is 0 Å². The van der Waals surface area contributed by atoms with Crippen LogP contribution in [0.1, 0.15) is 19.9 Å². The van der Waals surface area contributed by atoms with Crippen molar-refractivity contribution in [1.82, 2.24) is 14.8 Å². The highest BCUT2D eigenvalue weighted by atomic mass is 79.9. The molecule has 0 aromatic carbocycles. The van der Waals surface area contributed by atoms with Gasteiger partial charge in [0.25, 0.3) is 0 Å². The van der Waals surface area contributed by atoms with Gasteiger partial charge in [-0.2, -0.15) is 10.1 Å². The van der Waals surface area contributed by atoms with E-state index in [1.165, 1.54) is 6.33 Å². The molecule has 1 aliphatic rings. The Balaban J connectivity index is 2.44. The van der Waals surface area contributed by atoms with Gasteiger partial charge in [-0.1, -0.05) is 31.9 Å². The first kappa shape index (κ1) is 13.5. The molecule has 0 radical (unpaired) electrons. The Morgan fingerprint density at radius 3 is 3.00 bits per heavy atom. The van der Waals surface area contributed by atoms with Gasteiger partial charge < -0.3 is 10.1 Å². The highest BCUT2D eigenvalue weighted by Gasteiger charge is 2.33. The zero-order valence-corrected chi connectivity index (χ0v) is 13.0. The summed E-state index contributed by atoms with van der Waals surface area (Å²) in [5.41, 5.74) is 1.23. The van der Waals surface area contributed by atoms with Crippen LogP contribution in [0.5, 0.6) is 0 Å². The van der Waals surface area contributed by atoms with Gasteiger partial charge in [-0.25, -0.2) is 9.48 Å². The van der Waals surface area contributed by atoms with Crippen LogP contribution in [-0.2, 0) is 9.53 Å². The maximum atomic E-state index is 12.0. The summed E-state index contributed by atoms with van der Waals surface area (Å²) in [5, 5.41) is 7.17. The predicted octanol–water partition coefficient (Wildman–Crippen LogP) is 2.20. The highest BCUT2D eigenvalue weighted by molar-refractivity contribution is 9.24. The summed E-state index contributed by atoms with van der Waals surface area (Å²) < 4.78 is 6.55. The van der Waals surface area contributed by atoms with E-state index in [1.807, 2.05) is 6.92 Å². The first-order valence-corrected chi connectivity index (χ1v) is 7.25. The Bertz CT molecular complexity index is 498. The third kappa shape index (κ3) is 2.31. The van der Waals surface area contributed by atoms with Crippen molar-refractivity contribution in [2.45, 2.75) is 23.6 Å². The lowest BCUT2D eigenvalue weighted by Gasteiger charge is -2.27. The summed E-state index contributed by atoms with van der Waals surface area (Å²) in [5.74, 6) is 0.256. The van der Waals surface area contributed by atoms with Gasteiger partial charge in [0, 0.05) is 0 Å². The highest BCUT2D eigenvalue weighted by Crippen LogP contribution is 2.34. The molecule has 1 N–H and O–H groups in total. The molecule has 6 nitrogen and oxygen atoms in total. The number of fused-ring (bicyclic) bond motifs is 1. The second kappa shape index (κ2) is 5.40. The molecule has 1 aromatic heterocycles. The maximum absolute atomic E-state index is 12.0. The van der Waals surface area contributed by atoms with E-state index in [4.69, 9.17) is 4.74 Å². The second-order valence-corrected chi connectivity index (χ2v) is 6.74. The number of nitrogens with one attached hydrogen (secondary N) is 1. The summed E-state index contributed by atoms with van der Waals surface area (Å²) in [6.07, 6.45) is 1.45. The molecule has 8 heteroatoms. The number of rotatable bonds is 3. The monoisotopic (exact) mass is 378 g/mol. The fraction of sp³-hybridized carbons (Fsp3) is 0.500. The second-order valence-electron chi connectivity index (χ2n) is 3.68. The molecule has 0 saturated carbocycles. The van der Waals surface area contributed by atoms with E-state index in [-0.39, 0.29) is 15.7 Å². The summed E-state index contributed by atoms with van der Waals surface area (Å²) in [6, 6.07) is -0.226. The van der Waals surface area contributed by atoms with Crippen molar-refractivity contribution in [2.75, 3.05) is 11.9 Å². The van der Waals surface area contributed by atoms with E-state index < -0.39 is 0 Å². The molecule has 0 fully saturated rings. The van der Waals surface area contributed by atoms with Crippen LogP contribution in [0, 0.1) is 0 Å². The van der Waals surface area contributed by atoms with E-state index in [0.717, 1.165) is 0 Å². The van der Waals surface area contributed by atoms with Crippen molar-refractivity contribution >= 4 is 43.8 Å². The molecule has 18 heavy (non-hydrogen) atoms. The number of halogens is 2. The van der Waals surface area contributed by atoms with Crippen LogP contribution >= 0.6 is 31.9 Å². The van der Waals surface area contributed by atoms with Gasteiger partial charge in [-0.3, -0.25) is 0 Å². The molecule has 0 saturated heterocycles. The van der Waals surface area contributed by atoms with Gasteiger partial charge in [0.1, 0.15) is 10.1 Å². The van der Waals surface area contributed by atoms with E-state index in [2.05, 4.69) is 47.3 Å². The Kier molecular flexibility index (Phi) is 4.06. The molecule has 0 aliphatic carbocycles. The van der Waals surface area contributed by atoms with Crippen LogP contribution in [0.25, 0.3) is 0 Å². The van der Waals surface area contributed by atoms with E-state index in [1.54, 1.807) is 11.6 Å². The lowest BCUT2D eigenvalue weighted by atomic mass is 10.1. The third-order valence-corrected chi connectivity index (χ3v) is 3.52. The van der Waals surface area contributed by atoms with E-state index >= 15 is 0 Å². The number of carbonyl (C=O) groups excluding carboxylic acids is 1. The Labute approximate surface area is 121 Å². The van der Waals surface area contributed by atoms with Crippen LogP contribution in [-0.4, -0.2) is 31.1 Å². The molecule has 2 rings (SSSR count). The zero-order valence-electron chi connectivity index (χ0n) is 9.85. The number of nitrogens with zero attached hydrogens (tertiary/aromatic N) is 3. The first-order chi connectivity index (χ1) is 8.56. The number of hydrogen-bond donors (Lipinski definition) is 1. The minimum absolute atomic E-state index is 0.183. The summed E-state index contributed by atoms with van der Waals surface area (Å²) in [4.78, 5) is 16.1. The largest absolute Gasteiger partial charge is 0.463 e. The van der Waals surface area contributed by atoms with Gasteiger partial charge in [0.05, 0.1) is 23.9 Å². The minimum atomic E-state index is -0.349. The molecule has 1 aromatic rings. The number of carbonyl (C=O) groups is 1. The number of esters is 1. The zero-order chi connectivity index (χ0) is 13.3. The first-order valence-electron chi connectivity index (χ1n) is 5.42. The van der Waals surface area contributed by atoms with Crippen LogP contribution in [0.4, 0.5) is 5.95 Å².